The van der Waals surface area contributed by atoms with Crippen LogP contribution in [0, 0.1) is 11.8 Å². The van der Waals surface area contributed by atoms with E-state index in [2.05, 4.69) is 33.9 Å². The second kappa shape index (κ2) is 4.27. The highest BCUT2D eigenvalue weighted by molar-refractivity contribution is 6.74. The quantitative estimate of drug-likeness (QED) is 0.574. The van der Waals surface area contributed by atoms with E-state index >= 15 is 0 Å². The number of ketones is 1. The Bertz CT molecular complexity index is 422. The lowest BCUT2D eigenvalue weighted by atomic mass is 9.86. The van der Waals surface area contributed by atoms with Crippen LogP contribution in [0.4, 0.5) is 0 Å². The highest BCUT2D eigenvalue weighted by Crippen LogP contribution is 2.47. The lowest BCUT2D eigenvalue weighted by molar-refractivity contribution is -0.220. The first kappa shape index (κ1) is 14.9. The summed E-state index contributed by atoms with van der Waals surface area (Å²) in [5.41, 5.74) is 0. The molecule has 0 unspecified atom stereocenters. The van der Waals surface area contributed by atoms with E-state index in [1.165, 1.54) is 0 Å². The summed E-state index contributed by atoms with van der Waals surface area (Å²) in [6.45, 7) is 14.9. The molecule has 0 amide bonds. The molecule has 2 aliphatic rings. The normalized spacial score (nSPS) is 38.9. The first-order chi connectivity index (χ1) is 8.50. The van der Waals surface area contributed by atoms with Crippen LogP contribution in [0.25, 0.3) is 0 Å². The number of rotatable bonds is 2. The Kier molecular flexibility index (Phi) is 3.36. The van der Waals surface area contributed by atoms with Crippen molar-refractivity contribution in [1.82, 2.24) is 0 Å². The molecule has 0 aromatic rings. The van der Waals surface area contributed by atoms with Gasteiger partial charge in [0.2, 0.25) is 0 Å². The van der Waals surface area contributed by atoms with Gasteiger partial charge < -0.3 is 9.16 Å². The highest BCUT2D eigenvalue weighted by atomic mass is 28.4. The maximum atomic E-state index is 12.3. The number of hydrogen-bond donors (Lipinski definition) is 0. The molecule has 4 atom stereocenters. The number of carbonyl (C=O) groups excluding carboxylic acids is 1. The second-order valence-corrected chi connectivity index (χ2v) is 12.2. The van der Waals surface area contributed by atoms with Crippen molar-refractivity contribution in [2.45, 2.75) is 64.6 Å². The molecule has 0 N–H and O–H groups in total. The fourth-order valence-corrected chi connectivity index (χ4v) is 3.88. The molecule has 0 aromatic heterocycles. The zero-order valence-electron chi connectivity index (χ0n) is 13.1. The Labute approximate surface area is 117 Å². The van der Waals surface area contributed by atoms with Gasteiger partial charge in [-0.05, 0) is 31.1 Å². The van der Waals surface area contributed by atoms with E-state index in [1.807, 2.05) is 26.0 Å². The predicted molar refractivity (Wildman–Crippen MR) is 78.4 cm³/mol. The summed E-state index contributed by atoms with van der Waals surface area (Å²) in [5.74, 6) is -0.867. The molecule has 0 spiro atoms. The number of hydrogen-bond acceptors (Lipinski definition) is 3. The van der Waals surface area contributed by atoms with E-state index in [9.17, 15) is 4.79 Å². The molecule has 2 rings (SSSR count). The molecule has 0 aliphatic carbocycles. The average Bonchev–Trinajstić information content (AvgIpc) is 2.65. The van der Waals surface area contributed by atoms with Gasteiger partial charge in [-0.1, -0.05) is 33.8 Å². The van der Waals surface area contributed by atoms with Gasteiger partial charge in [-0.25, -0.2) is 0 Å². The van der Waals surface area contributed by atoms with E-state index in [-0.39, 0.29) is 28.8 Å². The van der Waals surface area contributed by atoms with Crippen molar-refractivity contribution in [3.8, 4) is 0 Å². The van der Waals surface area contributed by atoms with Crippen molar-refractivity contribution in [2.24, 2.45) is 11.8 Å². The molecule has 4 heteroatoms. The van der Waals surface area contributed by atoms with Crippen LogP contribution in [-0.4, -0.2) is 26.0 Å². The molecule has 1 saturated heterocycles. The van der Waals surface area contributed by atoms with E-state index in [1.54, 1.807) is 0 Å². The van der Waals surface area contributed by atoms with E-state index in [0.29, 0.717) is 0 Å². The van der Waals surface area contributed by atoms with Gasteiger partial charge in [0.25, 0.3) is 0 Å². The third kappa shape index (κ3) is 2.24. The Morgan fingerprint density at radius 1 is 1.32 bits per heavy atom. The Balaban J connectivity index is 2.30. The fourth-order valence-electron chi connectivity index (χ4n) is 2.49. The van der Waals surface area contributed by atoms with Gasteiger partial charge in [0.1, 0.15) is 5.78 Å². The van der Waals surface area contributed by atoms with Crippen LogP contribution in [0.2, 0.25) is 18.1 Å². The number of ether oxygens (including phenoxy) is 1. The maximum Gasteiger partial charge on any atom is 0.196 e. The molecule has 3 nitrogen and oxygen atoms in total. The monoisotopic (exact) mass is 282 g/mol. The Morgan fingerprint density at radius 3 is 2.42 bits per heavy atom. The summed E-state index contributed by atoms with van der Waals surface area (Å²) in [5, 5.41) is 0.100. The van der Waals surface area contributed by atoms with Crippen LogP contribution in [0.1, 0.15) is 34.6 Å². The third-order valence-corrected chi connectivity index (χ3v) is 9.47. The second-order valence-electron chi connectivity index (χ2n) is 7.44. The summed E-state index contributed by atoms with van der Waals surface area (Å²) in [6.07, 6.45) is 3.86. The van der Waals surface area contributed by atoms with Crippen LogP contribution in [0.3, 0.4) is 0 Å². The Morgan fingerprint density at radius 2 is 1.89 bits per heavy atom. The molecule has 19 heavy (non-hydrogen) atoms. The summed E-state index contributed by atoms with van der Waals surface area (Å²) >= 11 is 0. The molecule has 108 valence electrons. The molecule has 2 bridgehead atoms. The molecule has 2 heterocycles. The summed E-state index contributed by atoms with van der Waals surface area (Å²) < 4.78 is 12.6. The zero-order valence-corrected chi connectivity index (χ0v) is 14.1. The van der Waals surface area contributed by atoms with Gasteiger partial charge in [-0.3, -0.25) is 4.79 Å². The molecular formula is C15H26O3Si. The van der Waals surface area contributed by atoms with Crippen molar-refractivity contribution < 1.29 is 14.0 Å². The highest BCUT2D eigenvalue weighted by Gasteiger charge is 2.56. The van der Waals surface area contributed by atoms with Crippen molar-refractivity contribution >= 4 is 14.1 Å². The van der Waals surface area contributed by atoms with Crippen LogP contribution in [0.5, 0.6) is 0 Å². The van der Waals surface area contributed by atoms with Gasteiger partial charge in [0.05, 0.1) is 12.0 Å². The molecule has 0 radical (unpaired) electrons. The zero-order chi connectivity index (χ0) is 14.6. The van der Waals surface area contributed by atoms with Crippen LogP contribution in [0.15, 0.2) is 12.2 Å². The molecule has 2 aliphatic heterocycles. The van der Waals surface area contributed by atoms with Crippen molar-refractivity contribution in [3.05, 3.63) is 12.2 Å². The minimum atomic E-state index is -1.98. The van der Waals surface area contributed by atoms with Gasteiger partial charge in [0.15, 0.2) is 14.1 Å². The maximum absolute atomic E-state index is 12.3. The van der Waals surface area contributed by atoms with E-state index in [4.69, 9.17) is 9.16 Å². The van der Waals surface area contributed by atoms with E-state index < -0.39 is 14.1 Å². The molecular weight excluding hydrogens is 256 g/mol. The summed E-state index contributed by atoms with van der Waals surface area (Å²) in [4.78, 5) is 12.3. The lowest BCUT2D eigenvalue weighted by Gasteiger charge is -2.47. The van der Waals surface area contributed by atoms with Crippen molar-refractivity contribution in [1.29, 1.82) is 0 Å². The first-order valence-electron chi connectivity index (χ1n) is 7.11. The minimum absolute atomic E-state index is 0.0649. The standard InChI is InChI=1S/C15H26O3Si/c1-10-12-8-9-15(17-12,11(2)13(10)16)18-19(6,7)14(3,4)5/h8-12H,1-7H3/t10-,11-,12+,15+/m0/s1. The van der Waals surface area contributed by atoms with Crippen LogP contribution >= 0.6 is 0 Å². The van der Waals surface area contributed by atoms with Crippen molar-refractivity contribution in [2.75, 3.05) is 0 Å². The first-order valence-corrected chi connectivity index (χ1v) is 10.0. The SMILES string of the molecule is C[C@@H]1C(=O)[C@H](C)[C@]2(O[Si](C)(C)C(C)(C)C)C=C[C@H]1O2. The number of carbonyl (C=O) groups is 1. The van der Waals surface area contributed by atoms with Gasteiger partial charge in [-0.15, -0.1) is 0 Å². The Hall–Kier alpha value is -0.453. The predicted octanol–water partition coefficient (Wildman–Crippen LogP) is 3.51. The molecule has 0 aromatic carbocycles. The van der Waals surface area contributed by atoms with Gasteiger partial charge in [0, 0.05) is 5.92 Å². The fraction of sp³-hybridized carbons (Fsp3) is 0.800. The average molecular weight is 282 g/mol. The smallest absolute Gasteiger partial charge is 0.196 e. The summed E-state index contributed by atoms with van der Waals surface area (Å²) in [7, 11) is -1.98. The summed E-state index contributed by atoms with van der Waals surface area (Å²) in [6, 6.07) is 0. The minimum Gasteiger partial charge on any atom is -0.386 e. The third-order valence-electron chi connectivity index (χ3n) is 5.03. The van der Waals surface area contributed by atoms with E-state index in [0.717, 1.165) is 0 Å². The topological polar surface area (TPSA) is 35.5 Å². The largest absolute Gasteiger partial charge is 0.386 e. The van der Waals surface area contributed by atoms with Crippen molar-refractivity contribution in [3.63, 3.8) is 0 Å². The van der Waals surface area contributed by atoms with Gasteiger partial charge in [-0.2, -0.15) is 0 Å². The lowest BCUT2D eigenvalue weighted by Crippen LogP contribution is -2.58. The van der Waals surface area contributed by atoms with Crippen LogP contribution in [-0.2, 0) is 14.0 Å². The van der Waals surface area contributed by atoms with Gasteiger partial charge >= 0.3 is 0 Å². The molecule has 1 fully saturated rings. The number of Topliss-reactive ketones (excluding diaryl/α,β-unsaturated/α-hetero) is 1. The van der Waals surface area contributed by atoms with Crippen LogP contribution < -0.4 is 0 Å². The number of fused-ring (bicyclic) bond motifs is 2. The molecule has 0 saturated carbocycles.